The Morgan fingerprint density at radius 3 is 2.33 bits per heavy atom. The van der Waals surface area contributed by atoms with E-state index in [0.29, 0.717) is 11.5 Å². The predicted octanol–water partition coefficient (Wildman–Crippen LogP) is 7.81. The summed E-state index contributed by atoms with van der Waals surface area (Å²) in [7, 11) is 0. The van der Waals surface area contributed by atoms with E-state index >= 15 is 0 Å². The third kappa shape index (κ3) is 5.94. The van der Waals surface area contributed by atoms with Gasteiger partial charge in [0.15, 0.2) is 0 Å². The van der Waals surface area contributed by atoms with Gasteiger partial charge in [-0.05, 0) is 73.6 Å². The number of hydrogen-bond donors (Lipinski definition) is 6. The molecule has 0 aromatic carbocycles. The number of aromatic nitrogens is 1. The van der Waals surface area contributed by atoms with Gasteiger partial charge in [-0.25, -0.2) is 0 Å². The molecule has 2 atom stereocenters. The monoisotopic (exact) mass is 602 g/mol. The van der Waals surface area contributed by atoms with Gasteiger partial charge in [0.05, 0.1) is 4.88 Å². The average Bonchev–Trinajstić information content (AvgIpc) is 3.64. The minimum absolute atomic E-state index is 0.0231. The molecular weight excluding hydrogens is 561 g/mol. The number of aryl methyl sites for hydroxylation is 1. The second-order valence-electron chi connectivity index (χ2n) is 10.8. The van der Waals surface area contributed by atoms with Gasteiger partial charge in [-0.15, -0.1) is 22.7 Å². The van der Waals surface area contributed by atoms with Crippen molar-refractivity contribution in [2.45, 2.75) is 72.1 Å². The number of rotatable bonds is 4. The molecule has 42 heavy (non-hydrogen) atoms. The molecule has 2 aliphatic carbocycles. The van der Waals surface area contributed by atoms with Gasteiger partial charge in [0.2, 0.25) is 0 Å². The Kier molecular flexibility index (Phi) is 10.1. The smallest absolute Gasteiger partial charge is 0.266 e. The summed E-state index contributed by atoms with van der Waals surface area (Å²) >= 11 is 3.07. The number of aromatic amines is 1. The van der Waals surface area contributed by atoms with Crippen LogP contribution < -0.4 is 22.3 Å². The number of fused-ring (bicyclic) bond motifs is 5. The lowest BCUT2D eigenvalue weighted by molar-refractivity contribution is 0.514. The molecule has 3 aliphatic rings. The minimum Gasteiger partial charge on any atom is -0.404 e. The third-order valence-electron chi connectivity index (χ3n) is 8.07. The lowest BCUT2D eigenvalue weighted by Gasteiger charge is -2.30. The number of H-pyrrole nitrogens is 1. The summed E-state index contributed by atoms with van der Waals surface area (Å²) in [6.45, 7) is 12.6. The first-order chi connectivity index (χ1) is 20.3. The van der Waals surface area contributed by atoms with E-state index < -0.39 is 0 Å². The topological polar surface area (TPSA) is 145 Å². The van der Waals surface area contributed by atoms with Gasteiger partial charge < -0.3 is 32.6 Å². The van der Waals surface area contributed by atoms with Crippen LogP contribution >= 0.6 is 22.7 Å². The fourth-order valence-corrected chi connectivity index (χ4v) is 8.08. The van der Waals surface area contributed by atoms with E-state index in [1.165, 1.54) is 69.9 Å². The number of hydrogen-bond acceptors (Lipinski definition) is 8. The lowest BCUT2D eigenvalue weighted by Crippen LogP contribution is -2.22. The first-order valence-corrected chi connectivity index (χ1v) is 16.3. The molecule has 0 radical (unpaired) electrons. The van der Waals surface area contributed by atoms with E-state index in [-0.39, 0.29) is 5.56 Å². The fourth-order valence-electron chi connectivity index (χ4n) is 5.89. The van der Waals surface area contributed by atoms with Crippen LogP contribution in [0.5, 0.6) is 0 Å². The van der Waals surface area contributed by atoms with Crippen LogP contribution in [0, 0.1) is 16.7 Å². The number of allylic oxidation sites excluding steroid dienone is 4. The molecular formula is C33H42N6OS2. The maximum absolute atomic E-state index is 12.3. The van der Waals surface area contributed by atoms with Gasteiger partial charge >= 0.3 is 0 Å². The van der Waals surface area contributed by atoms with Crippen LogP contribution in [-0.4, -0.2) is 17.4 Å². The molecule has 0 bridgehead atoms. The van der Waals surface area contributed by atoms with Crippen LogP contribution in [0.1, 0.15) is 97.2 Å². The lowest BCUT2D eigenvalue weighted by atomic mass is 9.82. The van der Waals surface area contributed by atoms with Crippen molar-refractivity contribution in [2.24, 2.45) is 17.4 Å². The van der Waals surface area contributed by atoms with Crippen LogP contribution in [-0.2, 0) is 6.42 Å². The summed E-state index contributed by atoms with van der Waals surface area (Å²) in [5, 5.41) is 19.4. The summed E-state index contributed by atoms with van der Waals surface area (Å²) in [5.74, 6) is 1.14. The van der Waals surface area contributed by atoms with Crippen LogP contribution in [0.25, 0.3) is 32.5 Å². The van der Waals surface area contributed by atoms with E-state index in [2.05, 4.69) is 36.8 Å². The SMILES string of the molecule is C=C1NC2=C(CC(C)CC2)c2cc(/C(C=N)=C/N)sc21.CC.CC1CCCc2c1[nH]c(=O)c1sc(/C(C=N)=C/N)cc21. The van der Waals surface area contributed by atoms with Crippen molar-refractivity contribution < 1.29 is 0 Å². The summed E-state index contributed by atoms with van der Waals surface area (Å²) in [4.78, 5) is 18.4. The Hall–Kier alpha value is -3.69. The molecule has 0 saturated heterocycles. The van der Waals surface area contributed by atoms with Gasteiger partial charge in [-0.2, -0.15) is 0 Å². The molecule has 0 fully saturated rings. The average molecular weight is 603 g/mol. The molecule has 0 amide bonds. The summed E-state index contributed by atoms with van der Waals surface area (Å²) in [6.07, 6.45) is 12.2. The third-order valence-corrected chi connectivity index (χ3v) is 10.5. The first kappa shape index (κ1) is 31.3. The molecule has 2 unspecified atom stereocenters. The van der Waals surface area contributed by atoms with E-state index in [1.807, 2.05) is 19.9 Å². The van der Waals surface area contributed by atoms with Gasteiger partial charge in [0, 0.05) is 73.8 Å². The summed E-state index contributed by atoms with van der Waals surface area (Å²) < 4.78 is 0.744. The number of nitrogens with one attached hydrogen (secondary N) is 4. The van der Waals surface area contributed by atoms with Crippen molar-refractivity contribution in [1.82, 2.24) is 10.3 Å². The maximum Gasteiger partial charge on any atom is 0.266 e. The quantitative estimate of drug-likeness (QED) is 0.169. The van der Waals surface area contributed by atoms with Crippen LogP contribution in [0.15, 0.2) is 41.6 Å². The van der Waals surface area contributed by atoms with Crippen molar-refractivity contribution in [3.05, 3.63) is 78.6 Å². The largest absolute Gasteiger partial charge is 0.404 e. The zero-order valence-electron chi connectivity index (χ0n) is 24.9. The highest BCUT2D eigenvalue weighted by Gasteiger charge is 2.28. The summed E-state index contributed by atoms with van der Waals surface area (Å²) in [6, 6.07) is 4.18. The van der Waals surface area contributed by atoms with E-state index in [9.17, 15) is 4.79 Å². The molecule has 6 rings (SSSR count). The number of pyridine rings is 1. The van der Waals surface area contributed by atoms with Gasteiger partial charge in [-0.1, -0.05) is 34.3 Å². The molecule has 9 heteroatoms. The molecule has 3 aromatic rings. The normalized spacial score (nSPS) is 19.8. The Morgan fingerprint density at radius 2 is 1.69 bits per heavy atom. The van der Waals surface area contributed by atoms with Crippen molar-refractivity contribution in [1.29, 1.82) is 10.8 Å². The minimum atomic E-state index is -0.0231. The first-order valence-electron chi connectivity index (χ1n) is 14.7. The standard InChI is InChI=1S/C16H19N3S.C15H17N3OS.C2H6/c1-9-3-4-14-12(5-9)13-6-15(11(7-17)8-18)20-16(13)10(2)19-14;1-8-3-2-4-10-11-5-12(9(6-16)7-17)20-14(11)15(19)18-13(8)10;1-2/h6-9,17,19H,2-5,18H2,1H3;5-8,16H,2-4,17H2,1H3,(H,18,19);1-2H3/b11-8+,17-7?;9-7+,16-6?;. The van der Waals surface area contributed by atoms with Crippen LogP contribution in [0.2, 0.25) is 0 Å². The van der Waals surface area contributed by atoms with E-state index in [0.717, 1.165) is 74.8 Å². The highest BCUT2D eigenvalue weighted by atomic mass is 32.1. The van der Waals surface area contributed by atoms with Crippen molar-refractivity contribution >= 4 is 67.6 Å². The van der Waals surface area contributed by atoms with Gasteiger partial charge in [-0.3, -0.25) is 4.79 Å². The van der Waals surface area contributed by atoms with Gasteiger partial charge in [0.25, 0.3) is 5.56 Å². The zero-order valence-corrected chi connectivity index (χ0v) is 26.6. The van der Waals surface area contributed by atoms with Crippen LogP contribution in [0.3, 0.4) is 0 Å². The van der Waals surface area contributed by atoms with Crippen molar-refractivity contribution in [3.63, 3.8) is 0 Å². The second kappa shape index (κ2) is 13.5. The molecule has 0 spiro atoms. The highest BCUT2D eigenvalue weighted by Crippen LogP contribution is 2.45. The molecule has 0 saturated carbocycles. The van der Waals surface area contributed by atoms with E-state index in [1.54, 1.807) is 11.3 Å². The molecule has 7 nitrogen and oxygen atoms in total. The molecule has 4 heterocycles. The van der Waals surface area contributed by atoms with E-state index in [4.69, 9.17) is 22.3 Å². The Bertz CT molecular complexity index is 1660. The molecule has 3 aromatic heterocycles. The Morgan fingerprint density at radius 1 is 1.02 bits per heavy atom. The van der Waals surface area contributed by atoms with Crippen molar-refractivity contribution in [3.8, 4) is 0 Å². The maximum atomic E-state index is 12.3. The van der Waals surface area contributed by atoms with Crippen LogP contribution in [0.4, 0.5) is 0 Å². The Balaban J connectivity index is 0.000000182. The number of thiophene rings is 2. The predicted molar refractivity (Wildman–Crippen MR) is 183 cm³/mol. The highest BCUT2D eigenvalue weighted by molar-refractivity contribution is 7.20. The van der Waals surface area contributed by atoms with Crippen molar-refractivity contribution in [2.75, 3.05) is 0 Å². The molecule has 8 N–H and O–H groups in total. The number of nitrogens with two attached hydrogens (primary N) is 2. The fraction of sp³-hybridized carbons (Fsp3) is 0.364. The molecule has 1 aliphatic heterocycles. The summed E-state index contributed by atoms with van der Waals surface area (Å²) in [5.41, 5.74) is 19.9. The molecule has 222 valence electrons. The second-order valence-corrected chi connectivity index (χ2v) is 12.9. The Labute approximate surface area is 256 Å². The zero-order chi connectivity index (χ0) is 30.6. The van der Waals surface area contributed by atoms with Gasteiger partial charge in [0.1, 0.15) is 4.70 Å².